The molecule has 0 spiro atoms. The van der Waals surface area contributed by atoms with Crippen molar-refractivity contribution in [1.29, 1.82) is 0 Å². The van der Waals surface area contributed by atoms with Gasteiger partial charge in [0.25, 0.3) is 0 Å². The molecular weight excluding hydrogens is 380 g/mol. The smallest absolute Gasteiger partial charge is 0.242 e. The molecule has 0 unspecified atom stereocenters. The van der Waals surface area contributed by atoms with Crippen LogP contribution < -0.4 is 21.7 Å². The lowest BCUT2D eigenvalue weighted by molar-refractivity contribution is -0.143. The van der Waals surface area contributed by atoms with Gasteiger partial charge in [0.1, 0.15) is 11.5 Å². The molecule has 2 fully saturated rings. The lowest BCUT2D eigenvalue weighted by atomic mass is 9.84. The van der Waals surface area contributed by atoms with Gasteiger partial charge in [-0.15, -0.1) is 0 Å². The maximum atomic E-state index is 13.0. The minimum Gasteiger partial charge on any atom is -0.369 e. The van der Waals surface area contributed by atoms with Gasteiger partial charge in [0.05, 0.1) is 0 Å². The average Bonchev–Trinajstić information content (AvgIpc) is 3.26. The molecule has 1 aliphatic carbocycles. The lowest BCUT2D eigenvalue weighted by Crippen LogP contribution is -2.55. The SMILES string of the molecule is NC(=O)C1(C(=O)N[C@H](Cc2ccccc2)C(=O)NCCC2CCNCC2)CCCC1. The summed E-state index contributed by atoms with van der Waals surface area (Å²) in [6.07, 6.45) is 6.05. The van der Waals surface area contributed by atoms with Gasteiger partial charge in [0.15, 0.2) is 0 Å². The van der Waals surface area contributed by atoms with Gasteiger partial charge in [0, 0.05) is 13.0 Å². The third-order valence-corrected chi connectivity index (χ3v) is 6.58. The Bertz CT molecular complexity index is 725. The van der Waals surface area contributed by atoms with Gasteiger partial charge < -0.3 is 21.7 Å². The molecular formula is C23H34N4O3. The first-order chi connectivity index (χ1) is 14.5. The largest absolute Gasteiger partial charge is 0.369 e. The minimum atomic E-state index is -1.19. The van der Waals surface area contributed by atoms with E-state index in [1.165, 1.54) is 0 Å². The van der Waals surface area contributed by atoms with Crippen LogP contribution in [0, 0.1) is 11.3 Å². The Morgan fingerprint density at radius 1 is 1.10 bits per heavy atom. The molecule has 3 rings (SSSR count). The number of primary amides is 1. The van der Waals surface area contributed by atoms with E-state index in [1.807, 2.05) is 30.3 Å². The van der Waals surface area contributed by atoms with Gasteiger partial charge in [-0.2, -0.15) is 0 Å². The van der Waals surface area contributed by atoms with Crippen molar-refractivity contribution in [2.45, 2.75) is 57.4 Å². The molecule has 1 saturated carbocycles. The van der Waals surface area contributed by atoms with Crippen LogP contribution in [0.1, 0.15) is 50.5 Å². The number of hydrogen-bond donors (Lipinski definition) is 4. The van der Waals surface area contributed by atoms with Crippen molar-refractivity contribution in [3.05, 3.63) is 35.9 Å². The van der Waals surface area contributed by atoms with Crippen LogP contribution in [0.2, 0.25) is 0 Å². The molecule has 1 saturated heterocycles. The molecule has 30 heavy (non-hydrogen) atoms. The molecule has 3 amide bonds. The maximum absolute atomic E-state index is 13.0. The van der Waals surface area contributed by atoms with Crippen LogP contribution in [0.3, 0.4) is 0 Å². The topological polar surface area (TPSA) is 113 Å². The van der Waals surface area contributed by atoms with Gasteiger partial charge in [-0.1, -0.05) is 43.2 Å². The highest BCUT2D eigenvalue weighted by molar-refractivity contribution is 6.05. The van der Waals surface area contributed by atoms with E-state index in [1.54, 1.807) is 0 Å². The van der Waals surface area contributed by atoms with Gasteiger partial charge in [-0.05, 0) is 56.7 Å². The van der Waals surface area contributed by atoms with Crippen LogP contribution in [0.5, 0.6) is 0 Å². The standard InChI is InChI=1S/C23H34N4O3/c24-21(29)23(11-4-5-12-23)22(30)27-19(16-18-6-2-1-3-7-18)20(28)26-15-10-17-8-13-25-14-9-17/h1-3,6-7,17,19,25H,4-5,8-16H2,(H2,24,29)(H,26,28)(H,27,30)/t19-/m1/s1. The monoisotopic (exact) mass is 414 g/mol. The van der Waals surface area contributed by atoms with Crippen molar-refractivity contribution in [3.8, 4) is 0 Å². The minimum absolute atomic E-state index is 0.209. The van der Waals surface area contributed by atoms with Crippen molar-refractivity contribution >= 4 is 17.7 Å². The number of hydrogen-bond acceptors (Lipinski definition) is 4. The Labute approximate surface area is 178 Å². The van der Waals surface area contributed by atoms with E-state index in [0.717, 1.165) is 50.8 Å². The molecule has 1 atom stereocenters. The molecule has 1 aliphatic heterocycles. The van der Waals surface area contributed by atoms with Crippen molar-refractivity contribution in [1.82, 2.24) is 16.0 Å². The molecule has 5 N–H and O–H groups in total. The number of nitrogens with one attached hydrogen (secondary N) is 3. The van der Waals surface area contributed by atoms with Crippen LogP contribution in [-0.4, -0.2) is 43.4 Å². The Morgan fingerprint density at radius 3 is 2.40 bits per heavy atom. The molecule has 7 heteroatoms. The highest BCUT2D eigenvalue weighted by atomic mass is 16.2. The van der Waals surface area contributed by atoms with Gasteiger partial charge in [-0.3, -0.25) is 14.4 Å². The predicted molar refractivity (Wildman–Crippen MR) is 115 cm³/mol. The van der Waals surface area contributed by atoms with E-state index in [2.05, 4.69) is 16.0 Å². The zero-order valence-corrected chi connectivity index (χ0v) is 17.6. The zero-order chi connectivity index (χ0) is 21.4. The van der Waals surface area contributed by atoms with E-state index in [4.69, 9.17) is 5.73 Å². The summed E-state index contributed by atoms with van der Waals surface area (Å²) >= 11 is 0. The second-order valence-electron chi connectivity index (χ2n) is 8.64. The number of carbonyl (C=O) groups is 3. The normalized spacial score (nSPS) is 19.7. The quantitative estimate of drug-likeness (QED) is 0.456. The number of piperidine rings is 1. The highest BCUT2D eigenvalue weighted by Gasteiger charge is 2.47. The summed E-state index contributed by atoms with van der Waals surface area (Å²) in [5.74, 6) is -0.603. The molecule has 7 nitrogen and oxygen atoms in total. The second kappa shape index (κ2) is 10.6. The predicted octanol–water partition coefficient (Wildman–Crippen LogP) is 1.27. The Morgan fingerprint density at radius 2 is 1.77 bits per heavy atom. The molecule has 0 bridgehead atoms. The number of nitrogens with two attached hydrogens (primary N) is 1. The number of carbonyl (C=O) groups excluding carboxylic acids is 3. The first-order valence-corrected chi connectivity index (χ1v) is 11.1. The summed E-state index contributed by atoms with van der Waals surface area (Å²) in [6.45, 7) is 2.65. The fourth-order valence-corrected chi connectivity index (χ4v) is 4.61. The van der Waals surface area contributed by atoms with Crippen LogP contribution in [0.4, 0.5) is 0 Å². The fourth-order valence-electron chi connectivity index (χ4n) is 4.61. The average molecular weight is 415 g/mol. The number of amides is 3. The zero-order valence-electron chi connectivity index (χ0n) is 17.6. The summed E-state index contributed by atoms with van der Waals surface area (Å²) in [5.41, 5.74) is 5.36. The van der Waals surface area contributed by atoms with Crippen molar-refractivity contribution in [2.24, 2.45) is 17.1 Å². The van der Waals surface area contributed by atoms with E-state index < -0.39 is 23.3 Å². The molecule has 164 valence electrons. The molecule has 0 radical (unpaired) electrons. The molecule has 0 aromatic heterocycles. The maximum Gasteiger partial charge on any atom is 0.242 e. The van der Waals surface area contributed by atoms with Gasteiger partial charge >= 0.3 is 0 Å². The summed E-state index contributed by atoms with van der Waals surface area (Å²) in [4.78, 5) is 38.1. The van der Waals surface area contributed by atoms with Crippen LogP contribution in [-0.2, 0) is 20.8 Å². The summed E-state index contributed by atoms with van der Waals surface area (Å²) in [6, 6.07) is 8.86. The van der Waals surface area contributed by atoms with Crippen LogP contribution in [0.25, 0.3) is 0 Å². The Hall–Kier alpha value is -2.41. The van der Waals surface area contributed by atoms with Crippen LogP contribution in [0.15, 0.2) is 30.3 Å². The van der Waals surface area contributed by atoms with Crippen molar-refractivity contribution < 1.29 is 14.4 Å². The van der Waals surface area contributed by atoms with Gasteiger partial charge in [0.2, 0.25) is 17.7 Å². The Kier molecular flexibility index (Phi) is 7.85. The summed E-state index contributed by atoms with van der Waals surface area (Å²) in [7, 11) is 0. The molecule has 1 aromatic rings. The van der Waals surface area contributed by atoms with E-state index >= 15 is 0 Å². The lowest BCUT2D eigenvalue weighted by Gasteiger charge is -2.28. The first kappa shape index (κ1) is 22.3. The van der Waals surface area contributed by atoms with Crippen molar-refractivity contribution in [3.63, 3.8) is 0 Å². The molecule has 1 heterocycles. The fraction of sp³-hybridized carbons (Fsp3) is 0.609. The summed E-state index contributed by atoms with van der Waals surface area (Å²) < 4.78 is 0. The highest BCUT2D eigenvalue weighted by Crippen LogP contribution is 2.38. The first-order valence-electron chi connectivity index (χ1n) is 11.1. The van der Waals surface area contributed by atoms with Crippen LogP contribution >= 0.6 is 0 Å². The third kappa shape index (κ3) is 5.59. The molecule has 2 aliphatic rings. The Balaban J connectivity index is 1.64. The summed E-state index contributed by atoms with van der Waals surface area (Å²) in [5, 5.41) is 9.20. The van der Waals surface area contributed by atoms with E-state index in [-0.39, 0.29) is 5.91 Å². The van der Waals surface area contributed by atoms with E-state index in [0.29, 0.717) is 31.7 Å². The number of benzene rings is 1. The second-order valence-corrected chi connectivity index (χ2v) is 8.64. The van der Waals surface area contributed by atoms with E-state index in [9.17, 15) is 14.4 Å². The van der Waals surface area contributed by atoms with Gasteiger partial charge in [-0.25, -0.2) is 0 Å². The number of rotatable bonds is 9. The van der Waals surface area contributed by atoms with Crippen molar-refractivity contribution in [2.75, 3.05) is 19.6 Å². The molecule has 1 aromatic carbocycles. The third-order valence-electron chi connectivity index (χ3n) is 6.58.